The third-order valence-corrected chi connectivity index (χ3v) is 3.80. The van der Waals surface area contributed by atoms with E-state index in [4.69, 9.17) is 4.74 Å². The first-order valence-corrected chi connectivity index (χ1v) is 6.72. The zero-order valence-electron chi connectivity index (χ0n) is 10.8. The summed E-state index contributed by atoms with van der Waals surface area (Å²) in [7, 11) is 1.90. The van der Waals surface area contributed by atoms with Gasteiger partial charge in [0.1, 0.15) is 12.4 Å². The molecule has 0 saturated heterocycles. The minimum Gasteiger partial charge on any atom is -0.489 e. The van der Waals surface area contributed by atoms with Crippen LogP contribution in [-0.4, -0.2) is 7.05 Å². The summed E-state index contributed by atoms with van der Waals surface area (Å²) in [5.74, 6) is -1.43. The molecule has 1 N–H and O–H groups in total. The quantitative estimate of drug-likeness (QED) is 0.904. The smallest absolute Gasteiger partial charge is 0.162 e. The molecule has 0 unspecified atom stereocenters. The molecule has 102 valence electrons. The topological polar surface area (TPSA) is 21.3 Å². The summed E-state index contributed by atoms with van der Waals surface area (Å²) < 4.78 is 31.3. The number of rotatable bonds is 5. The minimum atomic E-state index is -0.893. The van der Waals surface area contributed by atoms with Crippen LogP contribution in [0.4, 0.5) is 8.78 Å². The van der Waals surface area contributed by atoms with Crippen LogP contribution in [0, 0.1) is 18.6 Å². The van der Waals surface area contributed by atoms with Crippen LogP contribution in [0.1, 0.15) is 15.3 Å². The Bertz CT molecular complexity index is 569. The number of hydrogen-bond donors (Lipinski definition) is 1. The molecule has 2 nitrogen and oxygen atoms in total. The van der Waals surface area contributed by atoms with Gasteiger partial charge in [0.15, 0.2) is 11.6 Å². The van der Waals surface area contributed by atoms with Crippen LogP contribution in [0.15, 0.2) is 24.3 Å². The first-order valence-electron chi connectivity index (χ1n) is 5.91. The van der Waals surface area contributed by atoms with E-state index < -0.39 is 11.6 Å². The summed E-state index contributed by atoms with van der Waals surface area (Å²) in [6.45, 7) is 3.20. The number of hydrogen-bond acceptors (Lipinski definition) is 3. The summed E-state index contributed by atoms with van der Waals surface area (Å²) >= 11 is 1.70. The number of ether oxygens (including phenoxy) is 1. The number of nitrogens with one attached hydrogen (secondary N) is 1. The maximum atomic E-state index is 13.0. The molecule has 19 heavy (non-hydrogen) atoms. The van der Waals surface area contributed by atoms with Gasteiger partial charge >= 0.3 is 0 Å². The molecule has 2 rings (SSSR count). The number of aryl methyl sites for hydroxylation is 1. The molecule has 2 aromatic rings. The Balaban J connectivity index is 2.03. The van der Waals surface area contributed by atoms with Gasteiger partial charge in [0.2, 0.25) is 0 Å². The van der Waals surface area contributed by atoms with Gasteiger partial charge in [-0.3, -0.25) is 0 Å². The van der Waals surface area contributed by atoms with E-state index in [1.165, 1.54) is 15.8 Å². The Morgan fingerprint density at radius 2 is 2.00 bits per heavy atom. The Morgan fingerprint density at radius 3 is 2.68 bits per heavy atom. The standard InChI is InChI=1S/C14H15F2NOS/c1-9-10(5-12(19-9)7-17-2)8-18-11-3-4-13(15)14(16)6-11/h3-6,17H,7-8H2,1-2H3. The summed E-state index contributed by atoms with van der Waals surface area (Å²) in [6.07, 6.45) is 0. The van der Waals surface area contributed by atoms with Gasteiger partial charge in [-0.1, -0.05) is 0 Å². The second-order valence-electron chi connectivity index (χ2n) is 4.19. The summed E-state index contributed by atoms with van der Waals surface area (Å²) in [5, 5.41) is 3.09. The molecule has 0 aliphatic rings. The molecule has 1 heterocycles. The fourth-order valence-electron chi connectivity index (χ4n) is 1.72. The van der Waals surface area contributed by atoms with Gasteiger partial charge in [-0.25, -0.2) is 8.78 Å². The van der Waals surface area contributed by atoms with E-state index in [1.54, 1.807) is 11.3 Å². The maximum absolute atomic E-state index is 13.0. The van der Waals surface area contributed by atoms with E-state index in [0.29, 0.717) is 12.4 Å². The molecule has 0 saturated carbocycles. The molecular formula is C14H15F2NOS. The van der Waals surface area contributed by atoms with Gasteiger partial charge in [-0.2, -0.15) is 0 Å². The van der Waals surface area contributed by atoms with Crippen LogP contribution < -0.4 is 10.1 Å². The second kappa shape index (κ2) is 6.12. The molecule has 0 aliphatic carbocycles. The fraction of sp³-hybridized carbons (Fsp3) is 0.286. The first-order chi connectivity index (χ1) is 9.10. The highest BCUT2D eigenvalue weighted by atomic mass is 32.1. The highest BCUT2D eigenvalue weighted by Gasteiger charge is 2.07. The average Bonchev–Trinajstić information content (AvgIpc) is 2.72. The molecule has 0 radical (unpaired) electrons. The van der Waals surface area contributed by atoms with Crippen molar-refractivity contribution in [3.63, 3.8) is 0 Å². The number of halogens is 2. The normalized spacial score (nSPS) is 10.7. The predicted octanol–water partition coefficient (Wildman–Crippen LogP) is 3.63. The van der Waals surface area contributed by atoms with Crippen LogP contribution in [-0.2, 0) is 13.2 Å². The van der Waals surface area contributed by atoms with Crippen molar-refractivity contribution >= 4 is 11.3 Å². The third kappa shape index (κ3) is 3.52. The lowest BCUT2D eigenvalue weighted by Crippen LogP contribution is -2.02. The van der Waals surface area contributed by atoms with Gasteiger partial charge in [0.05, 0.1) is 0 Å². The molecule has 1 aromatic carbocycles. The van der Waals surface area contributed by atoms with Crippen LogP contribution in [0.5, 0.6) is 5.75 Å². The lowest BCUT2D eigenvalue weighted by Gasteiger charge is -2.06. The van der Waals surface area contributed by atoms with Gasteiger partial charge in [0, 0.05) is 27.9 Å². The molecule has 0 fully saturated rings. The SMILES string of the molecule is CNCc1cc(COc2ccc(F)c(F)c2)c(C)s1. The van der Waals surface area contributed by atoms with Crippen molar-refractivity contribution in [2.24, 2.45) is 0 Å². The van der Waals surface area contributed by atoms with Crippen molar-refractivity contribution in [3.8, 4) is 5.75 Å². The van der Waals surface area contributed by atoms with Gasteiger partial charge in [-0.05, 0) is 32.2 Å². The largest absolute Gasteiger partial charge is 0.489 e. The molecule has 0 aliphatic heterocycles. The lowest BCUT2D eigenvalue weighted by atomic mass is 10.2. The molecule has 5 heteroatoms. The van der Waals surface area contributed by atoms with E-state index in [-0.39, 0.29) is 0 Å². The average molecular weight is 283 g/mol. The monoisotopic (exact) mass is 283 g/mol. The van der Waals surface area contributed by atoms with E-state index >= 15 is 0 Å². The van der Waals surface area contributed by atoms with E-state index in [2.05, 4.69) is 11.4 Å². The molecule has 0 spiro atoms. The molecular weight excluding hydrogens is 268 g/mol. The Kier molecular flexibility index (Phi) is 4.50. The first kappa shape index (κ1) is 14.0. The van der Waals surface area contributed by atoms with E-state index in [0.717, 1.165) is 24.2 Å². The fourth-order valence-corrected chi connectivity index (χ4v) is 2.78. The Hall–Kier alpha value is -1.46. The van der Waals surface area contributed by atoms with E-state index in [9.17, 15) is 8.78 Å². The van der Waals surface area contributed by atoms with Crippen molar-refractivity contribution in [2.45, 2.75) is 20.1 Å². The van der Waals surface area contributed by atoms with Gasteiger partial charge in [0.25, 0.3) is 0 Å². The van der Waals surface area contributed by atoms with Crippen molar-refractivity contribution in [3.05, 3.63) is 51.2 Å². The zero-order valence-corrected chi connectivity index (χ0v) is 11.6. The highest BCUT2D eigenvalue weighted by Crippen LogP contribution is 2.23. The molecule has 1 aromatic heterocycles. The zero-order chi connectivity index (χ0) is 13.8. The van der Waals surface area contributed by atoms with Crippen LogP contribution in [0.2, 0.25) is 0 Å². The number of thiophene rings is 1. The van der Waals surface area contributed by atoms with Crippen LogP contribution >= 0.6 is 11.3 Å². The number of benzene rings is 1. The predicted molar refractivity (Wildman–Crippen MR) is 72.5 cm³/mol. The summed E-state index contributed by atoms with van der Waals surface area (Å²) in [6, 6.07) is 5.62. The summed E-state index contributed by atoms with van der Waals surface area (Å²) in [4.78, 5) is 2.40. The molecule has 0 bridgehead atoms. The van der Waals surface area contributed by atoms with E-state index in [1.807, 2.05) is 14.0 Å². The Labute approximate surface area is 115 Å². The summed E-state index contributed by atoms with van der Waals surface area (Å²) in [5.41, 5.74) is 1.07. The van der Waals surface area contributed by atoms with Crippen molar-refractivity contribution in [1.82, 2.24) is 5.32 Å². The third-order valence-electron chi connectivity index (χ3n) is 2.71. The second-order valence-corrected chi connectivity index (χ2v) is 5.53. The van der Waals surface area contributed by atoms with Crippen molar-refractivity contribution < 1.29 is 13.5 Å². The van der Waals surface area contributed by atoms with Gasteiger partial charge < -0.3 is 10.1 Å². The maximum Gasteiger partial charge on any atom is 0.162 e. The van der Waals surface area contributed by atoms with Crippen LogP contribution in [0.25, 0.3) is 0 Å². The highest BCUT2D eigenvalue weighted by molar-refractivity contribution is 7.12. The molecule has 0 atom stereocenters. The minimum absolute atomic E-state index is 0.333. The van der Waals surface area contributed by atoms with Crippen molar-refractivity contribution in [1.29, 1.82) is 0 Å². The van der Waals surface area contributed by atoms with Crippen LogP contribution in [0.3, 0.4) is 0 Å². The van der Waals surface area contributed by atoms with Gasteiger partial charge in [-0.15, -0.1) is 11.3 Å². The Morgan fingerprint density at radius 1 is 1.21 bits per heavy atom. The van der Waals surface area contributed by atoms with Crippen molar-refractivity contribution in [2.75, 3.05) is 7.05 Å². The molecule has 0 amide bonds. The lowest BCUT2D eigenvalue weighted by molar-refractivity contribution is 0.303.